The highest BCUT2D eigenvalue weighted by Gasteiger charge is 2.44. The number of rotatable bonds is 8. The van der Waals surface area contributed by atoms with Gasteiger partial charge >= 0.3 is 0 Å². The van der Waals surface area contributed by atoms with Gasteiger partial charge in [0.2, 0.25) is 0 Å². The second-order valence-corrected chi connectivity index (χ2v) is 11.3. The summed E-state index contributed by atoms with van der Waals surface area (Å²) in [5.74, 6) is 3.23. The van der Waals surface area contributed by atoms with Crippen molar-refractivity contribution in [2.24, 2.45) is 15.8 Å². The summed E-state index contributed by atoms with van der Waals surface area (Å²) in [7, 11) is 5.57. The van der Waals surface area contributed by atoms with Gasteiger partial charge in [-0.15, -0.1) is 0 Å². The van der Waals surface area contributed by atoms with E-state index in [2.05, 4.69) is 73.1 Å². The highest BCUT2D eigenvalue weighted by molar-refractivity contribution is 5.75. The number of aryl methyl sites for hydroxylation is 1. The third-order valence-corrected chi connectivity index (χ3v) is 7.93. The second-order valence-electron chi connectivity index (χ2n) is 11.3. The van der Waals surface area contributed by atoms with Crippen LogP contribution in [0.2, 0.25) is 0 Å². The van der Waals surface area contributed by atoms with E-state index in [9.17, 15) is 0 Å². The maximum Gasteiger partial charge on any atom is 0.0935 e. The molecule has 1 N–H and O–H groups in total. The molecule has 204 valence electrons. The third-order valence-electron chi connectivity index (χ3n) is 7.93. The molecule has 0 saturated heterocycles. The summed E-state index contributed by atoms with van der Waals surface area (Å²) in [5, 5.41) is 8.26. The molecule has 1 aromatic rings. The van der Waals surface area contributed by atoms with Gasteiger partial charge in [-0.3, -0.25) is 10.4 Å². The molecule has 3 aliphatic rings. The molecule has 1 saturated carbocycles. The Morgan fingerprint density at radius 2 is 2.00 bits per heavy atom. The van der Waals surface area contributed by atoms with Crippen LogP contribution in [0.3, 0.4) is 0 Å². The van der Waals surface area contributed by atoms with Gasteiger partial charge in [0.15, 0.2) is 0 Å². The molecular weight excluding hydrogens is 458 g/mol. The Bertz CT molecular complexity index is 1110. The Hall–Kier alpha value is -2.65. The zero-order chi connectivity index (χ0) is 27.2. The number of ether oxygens (including phenoxy) is 1. The molecule has 4 rings (SSSR count). The molecule has 0 aromatic carbocycles. The Morgan fingerprint density at radius 3 is 2.59 bits per heavy atom. The van der Waals surface area contributed by atoms with Gasteiger partial charge in [-0.1, -0.05) is 63.8 Å². The van der Waals surface area contributed by atoms with Crippen LogP contribution in [-0.4, -0.2) is 37.7 Å². The summed E-state index contributed by atoms with van der Waals surface area (Å²) in [6, 6.07) is 3.10. The normalized spacial score (nSPS) is 20.2. The number of pyridine rings is 1. The molecule has 6 heteroatoms. The van der Waals surface area contributed by atoms with E-state index in [4.69, 9.17) is 9.72 Å². The van der Waals surface area contributed by atoms with E-state index in [1.54, 1.807) is 7.05 Å². The van der Waals surface area contributed by atoms with Crippen molar-refractivity contribution in [2.45, 2.75) is 97.4 Å². The monoisotopic (exact) mass is 507 g/mol. The predicted molar refractivity (Wildman–Crippen MR) is 155 cm³/mol. The number of fused-ring (bicyclic) bond motifs is 1. The Balaban J connectivity index is 0.00000165. The van der Waals surface area contributed by atoms with Crippen LogP contribution in [-0.2, 0) is 23.0 Å². The maximum absolute atomic E-state index is 5.87. The number of hydrogen-bond acceptors (Lipinski definition) is 5. The van der Waals surface area contributed by atoms with Gasteiger partial charge in [0, 0.05) is 50.3 Å². The number of nitrogens with zero attached hydrogens (tertiary/aromatic N) is 4. The van der Waals surface area contributed by atoms with Crippen molar-refractivity contribution < 1.29 is 6.16 Å². The van der Waals surface area contributed by atoms with E-state index in [1.165, 1.54) is 40.9 Å². The lowest BCUT2D eigenvalue weighted by atomic mass is 9.70. The fourth-order valence-corrected chi connectivity index (χ4v) is 6.18. The topological polar surface area (TPSA) is 62.1 Å². The molecular formula is C31H49N5O. The Labute approximate surface area is 226 Å². The van der Waals surface area contributed by atoms with Crippen LogP contribution in [0.5, 0.6) is 0 Å². The average molecular weight is 508 g/mol. The number of methoxy groups -OCH3 is 1. The Morgan fingerprint density at radius 1 is 1.30 bits per heavy atom. The standard InChI is InChI=1S/C29H41N5O.C2H6.H2/c1-20(2)26(32-33-30-5)25-24(23-12-8-11-17-34(23)6)21-18-28(3,4)16-13-22(21)31-27(25)29(19-35-7)14-9-10-15-29;1-2;/h12,26H,1,8-10,13-16,18-19H2,2-7H3,(H,30,32);1-2H3;1H. The molecule has 37 heavy (non-hydrogen) atoms. The quantitative estimate of drug-likeness (QED) is 0.175. The zero-order valence-corrected chi connectivity index (χ0v) is 24.4. The number of nitrogens with one attached hydrogen (secondary N) is 1. The molecule has 1 aromatic heterocycles. The molecule has 1 unspecified atom stereocenters. The molecule has 0 amide bonds. The van der Waals surface area contributed by atoms with Crippen molar-refractivity contribution in [3.63, 3.8) is 0 Å². The van der Waals surface area contributed by atoms with Crippen molar-refractivity contribution in [1.29, 1.82) is 0 Å². The number of aromatic nitrogens is 1. The van der Waals surface area contributed by atoms with E-state index in [-0.39, 0.29) is 18.3 Å². The molecule has 2 aliphatic carbocycles. The zero-order valence-electron chi connectivity index (χ0n) is 24.4. The summed E-state index contributed by atoms with van der Waals surface area (Å²) < 4.78 is 5.87. The molecule has 6 nitrogen and oxygen atoms in total. The average Bonchev–Trinajstić information content (AvgIpc) is 3.35. The molecule has 1 atom stereocenters. The summed E-state index contributed by atoms with van der Waals surface area (Å²) in [6.45, 7) is 15.9. The van der Waals surface area contributed by atoms with Crippen LogP contribution >= 0.6 is 0 Å². The lowest BCUT2D eigenvalue weighted by molar-refractivity contribution is 0.128. The highest BCUT2D eigenvalue weighted by Crippen LogP contribution is 2.49. The second kappa shape index (κ2) is 12.3. The summed E-state index contributed by atoms with van der Waals surface area (Å²) in [5.41, 5.74) is 11.8. The maximum atomic E-state index is 5.87. The smallest absolute Gasteiger partial charge is 0.0935 e. The van der Waals surface area contributed by atoms with Crippen molar-refractivity contribution in [1.82, 2.24) is 15.3 Å². The van der Waals surface area contributed by atoms with E-state index in [0.717, 1.165) is 49.8 Å². The molecule has 2 heterocycles. The number of allylic oxidation sites excluding steroid dienone is 1. The van der Waals surface area contributed by atoms with Crippen LogP contribution in [0.1, 0.15) is 109 Å². The fraction of sp³-hybridized carbons (Fsp3) is 0.645. The van der Waals surface area contributed by atoms with Crippen LogP contribution in [0.25, 0.3) is 5.70 Å². The van der Waals surface area contributed by atoms with Gasteiger partial charge in [0.1, 0.15) is 0 Å². The van der Waals surface area contributed by atoms with Crippen molar-refractivity contribution in [3.05, 3.63) is 46.3 Å². The first-order chi connectivity index (χ1) is 17.7. The molecule has 1 aliphatic heterocycles. The van der Waals surface area contributed by atoms with Crippen LogP contribution in [0.4, 0.5) is 0 Å². The highest BCUT2D eigenvalue weighted by atomic mass is 16.5. The number of hydrogen-bond donors (Lipinski definition) is 1. The molecule has 0 bridgehead atoms. The van der Waals surface area contributed by atoms with E-state index >= 15 is 0 Å². The first-order valence-corrected chi connectivity index (χ1v) is 13.9. The van der Waals surface area contributed by atoms with Crippen LogP contribution < -0.4 is 5.43 Å². The fourth-order valence-electron chi connectivity index (χ4n) is 6.18. The third kappa shape index (κ3) is 5.93. The molecule has 0 spiro atoms. The minimum absolute atomic E-state index is 0. The first-order valence-electron chi connectivity index (χ1n) is 13.9. The predicted octanol–water partition coefficient (Wildman–Crippen LogP) is 7.17. The Kier molecular flexibility index (Phi) is 9.58. The van der Waals surface area contributed by atoms with Crippen LogP contribution in [0.15, 0.2) is 28.6 Å². The van der Waals surface area contributed by atoms with Crippen LogP contribution in [0, 0.1) is 17.4 Å². The lowest BCUT2D eigenvalue weighted by Crippen LogP contribution is -2.36. The molecule has 0 radical (unpaired) electrons. The lowest BCUT2D eigenvalue weighted by Gasteiger charge is -2.39. The summed E-state index contributed by atoms with van der Waals surface area (Å²) in [6.07, 6.45) is 10.7. The molecule has 1 fully saturated rings. The van der Waals surface area contributed by atoms with Crippen molar-refractivity contribution in [2.75, 3.05) is 27.8 Å². The van der Waals surface area contributed by atoms with Gasteiger partial charge in [-0.05, 0) is 56.1 Å². The van der Waals surface area contributed by atoms with E-state index in [1.807, 2.05) is 21.0 Å². The van der Waals surface area contributed by atoms with Crippen molar-refractivity contribution >= 4 is 5.70 Å². The van der Waals surface area contributed by atoms with Gasteiger partial charge in [0.05, 0.1) is 31.1 Å². The first kappa shape index (κ1) is 28.9. The van der Waals surface area contributed by atoms with E-state index in [0.29, 0.717) is 6.61 Å². The van der Waals surface area contributed by atoms with E-state index < -0.39 is 0 Å². The van der Waals surface area contributed by atoms with Gasteiger partial charge in [-0.25, -0.2) is 0 Å². The van der Waals surface area contributed by atoms with Gasteiger partial charge < -0.3 is 9.64 Å². The summed E-state index contributed by atoms with van der Waals surface area (Å²) >= 11 is 0. The minimum atomic E-state index is -0.204. The minimum Gasteiger partial charge on any atom is -0.384 e. The largest absolute Gasteiger partial charge is 0.384 e. The summed E-state index contributed by atoms with van der Waals surface area (Å²) in [4.78, 5) is 7.61. The van der Waals surface area contributed by atoms with Gasteiger partial charge in [0.25, 0.3) is 0 Å². The SMILES string of the molecule is C=C(C)C(NN=NC)c1c(C2(COC)CCCC2)nc2c(c1C1=CCC#CN1C)CC(C)(C)CC2.CC.[HH]. The van der Waals surface area contributed by atoms with Gasteiger partial charge in [-0.2, -0.15) is 5.11 Å². The van der Waals surface area contributed by atoms with Crippen molar-refractivity contribution in [3.8, 4) is 12.0 Å².